The lowest BCUT2D eigenvalue weighted by atomic mass is 10.2. The molecule has 2 aromatic rings. The third kappa shape index (κ3) is 1.92. The summed E-state index contributed by atoms with van der Waals surface area (Å²) in [5.74, 6) is 0.702. The molecule has 6 heteroatoms. The molecule has 2 rings (SSSR count). The fraction of sp³-hybridized carbons (Fsp3) is 0.417. The molecule has 0 fully saturated rings. The Morgan fingerprint density at radius 1 is 1.33 bits per heavy atom. The lowest BCUT2D eigenvalue weighted by Gasteiger charge is -2.01. The molecule has 2 heterocycles. The number of nitrogens with zero attached hydrogens (tertiary/aromatic N) is 3. The van der Waals surface area contributed by atoms with Crippen molar-refractivity contribution in [2.45, 2.75) is 20.8 Å². The van der Waals surface area contributed by atoms with Crippen molar-refractivity contribution in [2.75, 3.05) is 7.11 Å². The van der Waals surface area contributed by atoms with Crippen LogP contribution in [-0.2, 0) is 7.05 Å². The number of rotatable bonds is 3. The number of carbonyl (C=O) groups is 1. The van der Waals surface area contributed by atoms with E-state index >= 15 is 0 Å². The summed E-state index contributed by atoms with van der Waals surface area (Å²) in [5.41, 5.74) is 2.46. The van der Waals surface area contributed by atoms with Crippen LogP contribution < -0.4 is 4.74 Å². The summed E-state index contributed by atoms with van der Waals surface area (Å²) >= 11 is 1.38. The zero-order valence-corrected chi connectivity index (χ0v) is 11.9. The van der Waals surface area contributed by atoms with Crippen LogP contribution in [0.2, 0.25) is 0 Å². The van der Waals surface area contributed by atoms with Gasteiger partial charge in [-0.3, -0.25) is 4.79 Å². The van der Waals surface area contributed by atoms with Crippen LogP contribution in [0.1, 0.15) is 28.0 Å². The summed E-state index contributed by atoms with van der Waals surface area (Å²) in [7, 11) is 3.42. The average molecular weight is 265 g/mol. The number of hydrogen-bond acceptors (Lipinski definition) is 5. The van der Waals surface area contributed by atoms with Crippen molar-refractivity contribution in [3.05, 3.63) is 16.3 Å². The molecule has 0 radical (unpaired) electrons. The van der Waals surface area contributed by atoms with E-state index in [1.54, 1.807) is 18.7 Å². The third-order valence-electron chi connectivity index (χ3n) is 2.69. The summed E-state index contributed by atoms with van der Waals surface area (Å²) in [4.78, 5) is 16.6. The summed E-state index contributed by atoms with van der Waals surface area (Å²) in [5, 5.41) is 5.09. The van der Waals surface area contributed by atoms with Gasteiger partial charge in [0.25, 0.3) is 0 Å². The number of Topliss-reactive ketones (excluding diaryl/α,β-unsaturated/α-hetero) is 1. The Morgan fingerprint density at radius 2 is 2.00 bits per heavy atom. The largest absolute Gasteiger partial charge is 0.481 e. The lowest BCUT2D eigenvalue weighted by molar-refractivity contribution is 0.102. The molecule has 0 unspecified atom stereocenters. The van der Waals surface area contributed by atoms with Gasteiger partial charge in [-0.25, -0.2) is 9.67 Å². The number of methoxy groups -OCH3 is 1. The van der Waals surface area contributed by atoms with E-state index in [1.807, 2.05) is 20.9 Å². The van der Waals surface area contributed by atoms with Gasteiger partial charge in [0.05, 0.1) is 28.9 Å². The number of aromatic nitrogens is 3. The van der Waals surface area contributed by atoms with Crippen molar-refractivity contribution >= 4 is 17.1 Å². The van der Waals surface area contributed by atoms with Crippen LogP contribution in [0.5, 0.6) is 5.88 Å². The van der Waals surface area contributed by atoms with Gasteiger partial charge in [-0.2, -0.15) is 5.10 Å². The molecule has 5 nitrogen and oxygen atoms in total. The first-order chi connectivity index (χ1) is 8.45. The van der Waals surface area contributed by atoms with E-state index in [2.05, 4.69) is 10.1 Å². The number of ether oxygens (including phenoxy) is 1. The Labute approximate surface area is 109 Å². The van der Waals surface area contributed by atoms with Crippen molar-refractivity contribution < 1.29 is 9.53 Å². The van der Waals surface area contributed by atoms with E-state index < -0.39 is 0 Å². The molecule has 0 bridgehead atoms. The molecule has 0 amide bonds. The molecule has 0 aliphatic heterocycles. The molecule has 0 saturated carbocycles. The van der Waals surface area contributed by atoms with Crippen LogP contribution in [0, 0.1) is 13.8 Å². The summed E-state index contributed by atoms with van der Waals surface area (Å²) < 4.78 is 7.02. The summed E-state index contributed by atoms with van der Waals surface area (Å²) in [6, 6.07) is 0. The van der Waals surface area contributed by atoms with E-state index in [0.29, 0.717) is 10.8 Å². The molecule has 0 spiro atoms. The third-order valence-corrected chi connectivity index (χ3v) is 3.97. The Hall–Kier alpha value is -1.69. The van der Waals surface area contributed by atoms with E-state index in [1.165, 1.54) is 11.3 Å². The summed E-state index contributed by atoms with van der Waals surface area (Å²) in [6.07, 6.45) is 0. The predicted octanol–water partition coefficient (Wildman–Crippen LogP) is 2.37. The minimum Gasteiger partial charge on any atom is -0.481 e. The number of aryl methyl sites for hydroxylation is 3. The zero-order valence-electron chi connectivity index (χ0n) is 11.1. The lowest BCUT2D eigenvalue weighted by Crippen LogP contribution is -1.95. The van der Waals surface area contributed by atoms with Crippen molar-refractivity contribution in [1.29, 1.82) is 0 Å². The van der Waals surface area contributed by atoms with Gasteiger partial charge in [-0.15, -0.1) is 11.3 Å². The predicted molar refractivity (Wildman–Crippen MR) is 70.3 cm³/mol. The monoisotopic (exact) mass is 265 g/mol. The Balaban J connectivity index is 2.62. The Bertz CT molecular complexity index is 613. The molecule has 0 saturated heterocycles. The molecule has 0 atom stereocenters. The summed E-state index contributed by atoms with van der Waals surface area (Å²) in [6.45, 7) is 5.30. The van der Waals surface area contributed by atoms with Crippen molar-refractivity contribution in [3.63, 3.8) is 0 Å². The van der Waals surface area contributed by atoms with E-state index in [-0.39, 0.29) is 5.78 Å². The fourth-order valence-corrected chi connectivity index (χ4v) is 3.00. The van der Waals surface area contributed by atoms with Gasteiger partial charge >= 0.3 is 0 Å². The molecule has 0 aliphatic carbocycles. The number of ketones is 1. The van der Waals surface area contributed by atoms with Crippen LogP contribution in [0.3, 0.4) is 0 Å². The topological polar surface area (TPSA) is 57.0 Å². The second-order valence-corrected chi connectivity index (χ2v) is 5.08. The van der Waals surface area contributed by atoms with Gasteiger partial charge in [-0.1, -0.05) is 0 Å². The molecule has 0 N–H and O–H groups in total. The number of thiazole rings is 1. The van der Waals surface area contributed by atoms with Crippen LogP contribution in [0.4, 0.5) is 0 Å². The highest BCUT2D eigenvalue weighted by Gasteiger charge is 2.21. The fourth-order valence-electron chi connectivity index (χ4n) is 1.95. The van der Waals surface area contributed by atoms with Gasteiger partial charge in [-0.05, 0) is 13.8 Å². The smallest absolute Gasteiger partial charge is 0.222 e. The van der Waals surface area contributed by atoms with Crippen LogP contribution in [0.15, 0.2) is 0 Å². The second kappa shape index (κ2) is 4.53. The van der Waals surface area contributed by atoms with Crippen LogP contribution >= 0.6 is 11.3 Å². The van der Waals surface area contributed by atoms with Crippen LogP contribution in [-0.4, -0.2) is 27.7 Å². The highest BCUT2D eigenvalue weighted by molar-refractivity contribution is 7.17. The van der Waals surface area contributed by atoms with Gasteiger partial charge < -0.3 is 4.74 Å². The Morgan fingerprint density at radius 3 is 2.50 bits per heavy atom. The van der Waals surface area contributed by atoms with E-state index in [0.717, 1.165) is 22.0 Å². The normalized spacial score (nSPS) is 10.7. The molecule has 0 aliphatic rings. The average Bonchev–Trinajstić information content (AvgIpc) is 2.78. The van der Waals surface area contributed by atoms with E-state index in [4.69, 9.17) is 4.74 Å². The van der Waals surface area contributed by atoms with Crippen molar-refractivity contribution in [3.8, 4) is 16.5 Å². The van der Waals surface area contributed by atoms with E-state index in [9.17, 15) is 4.79 Å². The molecule has 18 heavy (non-hydrogen) atoms. The Kier molecular flexibility index (Phi) is 3.21. The molecule has 96 valence electrons. The van der Waals surface area contributed by atoms with Gasteiger partial charge in [0.2, 0.25) is 5.88 Å². The SMILES string of the molecule is COc1c(-c2nc(C)c(C(C)=O)s2)c(C)nn1C. The van der Waals surface area contributed by atoms with Crippen LogP contribution in [0.25, 0.3) is 10.6 Å². The number of carbonyl (C=O) groups excluding carboxylic acids is 1. The first-order valence-corrected chi connectivity index (χ1v) is 6.33. The van der Waals surface area contributed by atoms with Gasteiger partial charge in [0, 0.05) is 14.0 Å². The molecule has 0 aromatic carbocycles. The molecular weight excluding hydrogens is 250 g/mol. The quantitative estimate of drug-likeness (QED) is 0.799. The second-order valence-electron chi connectivity index (χ2n) is 4.08. The minimum atomic E-state index is 0.0387. The zero-order chi connectivity index (χ0) is 13.4. The highest BCUT2D eigenvalue weighted by atomic mass is 32.1. The number of hydrogen-bond donors (Lipinski definition) is 0. The molecular formula is C12H15N3O2S. The standard InChI is InChI=1S/C12H15N3O2S/c1-6-9(12(17-5)15(4)14-6)11-13-7(2)10(18-11)8(3)16/h1-5H3. The van der Waals surface area contributed by atoms with Crippen molar-refractivity contribution in [1.82, 2.24) is 14.8 Å². The van der Waals surface area contributed by atoms with Gasteiger partial charge in [0.1, 0.15) is 5.01 Å². The van der Waals surface area contributed by atoms with Crippen molar-refractivity contribution in [2.24, 2.45) is 7.05 Å². The molecule has 2 aromatic heterocycles. The maximum atomic E-state index is 11.5. The minimum absolute atomic E-state index is 0.0387. The first kappa shape index (κ1) is 12.8. The van der Waals surface area contributed by atoms with Gasteiger partial charge in [0.15, 0.2) is 5.78 Å². The maximum Gasteiger partial charge on any atom is 0.222 e. The maximum absolute atomic E-state index is 11.5. The highest BCUT2D eigenvalue weighted by Crippen LogP contribution is 2.36. The first-order valence-electron chi connectivity index (χ1n) is 5.52.